The lowest BCUT2D eigenvalue weighted by molar-refractivity contribution is 0.0764. The molecule has 0 unspecified atom stereocenters. The number of hydrogen-bond donors (Lipinski definition) is 1. The van der Waals surface area contributed by atoms with Crippen LogP contribution in [0.5, 0.6) is 11.5 Å². The molecule has 1 heterocycles. The highest BCUT2D eigenvalue weighted by Gasteiger charge is 2.24. The topological polar surface area (TPSA) is 41.6 Å². The highest BCUT2D eigenvalue weighted by atomic mass is 35.5. The minimum absolute atomic E-state index is 0.119. The SMILES string of the molecule is O=C(c1c(Cl)cccc1Oc1ccccc1Cl)N1CCCNCC1. The molecule has 1 fully saturated rings. The largest absolute Gasteiger partial charge is 0.455 e. The molecule has 2 aromatic rings. The number of nitrogens with one attached hydrogen (secondary N) is 1. The molecule has 6 heteroatoms. The molecular formula is C18H18Cl2N2O2. The minimum Gasteiger partial charge on any atom is -0.455 e. The van der Waals surface area contributed by atoms with Gasteiger partial charge in [-0.05, 0) is 37.2 Å². The van der Waals surface area contributed by atoms with E-state index in [1.54, 1.807) is 35.2 Å². The number of carbonyl (C=O) groups excluding carboxylic acids is 1. The Morgan fingerprint density at radius 3 is 2.54 bits per heavy atom. The van der Waals surface area contributed by atoms with Crippen molar-refractivity contribution in [2.75, 3.05) is 26.2 Å². The molecule has 24 heavy (non-hydrogen) atoms. The van der Waals surface area contributed by atoms with E-state index < -0.39 is 0 Å². The quantitative estimate of drug-likeness (QED) is 0.886. The van der Waals surface area contributed by atoms with Crippen LogP contribution in [0.25, 0.3) is 0 Å². The average molecular weight is 365 g/mol. The number of amides is 1. The van der Waals surface area contributed by atoms with Gasteiger partial charge in [-0.2, -0.15) is 0 Å². The monoisotopic (exact) mass is 364 g/mol. The molecule has 0 aliphatic carbocycles. The van der Waals surface area contributed by atoms with Gasteiger partial charge in [-0.3, -0.25) is 4.79 Å². The van der Waals surface area contributed by atoms with Crippen molar-refractivity contribution >= 4 is 29.1 Å². The summed E-state index contributed by atoms with van der Waals surface area (Å²) in [5.74, 6) is 0.789. The van der Waals surface area contributed by atoms with Gasteiger partial charge in [0.15, 0.2) is 0 Å². The third-order valence-electron chi connectivity index (χ3n) is 3.87. The van der Waals surface area contributed by atoms with Crippen molar-refractivity contribution in [3.8, 4) is 11.5 Å². The Hall–Kier alpha value is -1.75. The minimum atomic E-state index is -0.119. The molecule has 4 nitrogen and oxygen atoms in total. The summed E-state index contributed by atoms with van der Waals surface area (Å²) < 4.78 is 5.88. The Balaban J connectivity index is 1.92. The Morgan fingerprint density at radius 2 is 1.71 bits per heavy atom. The van der Waals surface area contributed by atoms with Crippen LogP contribution in [0, 0.1) is 0 Å². The van der Waals surface area contributed by atoms with Gasteiger partial charge in [-0.15, -0.1) is 0 Å². The van der Waals surface area contributed by atoms with Crippen LogP contribution in [0.4, 0.5) is 0 Å². The zero-order valence-corrected chi connectivity index (χ0v) is 14.6. The smallest absolute Gasteiger partial charge is 0.259 e. The number of halogens is 2. The van der Waals surface area contributed by atoms with Crippen LogP contribution in [0.2, 0.25) is 10.0 Å². The Bertz CT molecular complexity index is 729. The van der Waals surface area contributed by atoms with E-state index in [-0.39, 0.29) is 5.91 Å². The average Bonchev–Trinajstić information content (AvgIpc) is 2.86. The molecule has 1 amide bonds. The van der Waals surface area contributed by atoms with Gasteiger partial charge in [0.2, 0.25) is 0 Å². The first-order valence-electron chi connectivity index (χ1n) is 7.87. The fourth-order valence-corrected chi connectivity index (χ4v) is 3.07. The summed E-state index contributed by atoms with van der Waals surface area (Å²) in [6.07, 6.45) is 0.914. The summed E-state index contributed by atoms with van der Waals surface area (Å²) in [5.41, 5.74) is 0.376. The van der Waals surface area contributed by atoms with Gasteiger partial charge in [0, 0.05) is 19.6 Å². The first kappa shape index (κ1) is 17.1. The van der Waals surface area contributed by atoms with Crippen molar-refractivity contribution in [3.63, 3.8) is 0 Å². The van der Waals surface area contributed by atoms with E-state index in [1.165, 1.54) is 0 Å². The van der Waals surface area contributed by atoms with Gasteiger partial charge in [-0.1, -0.05) is 41.4 Å². The standard InChI is InChI=1S/C18H18Cl2N2O2/c19-13-5-1-2-7-15(13)24-16-8-3-6-14(20)17(16)18(23)22-11-4-9-21-10-12-22/h1-3,5-8,21H,4,9-12H2. The lowest BCUT2D eigenvalue weighted by Gasteiger charge is -2.22. The van der Waals surface area contributed by atoms with Crippen molar-refractivity contribution < 1.29 is 9.53 Å². The summed E-state index contributed by atoms with van der Waals surface area (Å²) >= 11 is 12.5. The van der Waals surface area contributed by atoms with E-state index in [4.69, 9.17) is 27.9 Å². The highest BCUT2D eigenvalue weighted by Crippen LogP contribution is 2.34. The van der Waals surface area contributed by atoms with E-state index in [9.17, 15) is 4.79 Å². The predicted octanol–water partition coefficient (Wildman–Crippen LogP) is 4.22. The van der Waals surface area contributed by atoms with E-state index >= 15 is 0 Å². The fraction of sp³-hybridized carbons (Fsp3) is 0.278. The summed E-state index contributed by atoms with van der Waals surface area (Å²) in [7, 11) is 0. The van der Waals surface area contributed by atoms with Gasteiger partial charge in [0.25, 0.3) is 5.91 Å². The number of carbonyl (C=O) groups is 1. The van der Waals surface area contributed by atoms with Crippen LogP contribution in [-0.4, -0.2) is 37.0 Å². The Kier molecular flexibility index (Phi) is 5.61. The van der Waals surface area contributed by atoms with Crippen LogP contribution in [0.1, 0.15) is 16.8 Å². The number of nitrogens with zero attached hydrogens (tertiary/aromatic N) is 1. The molecule has 0 radical (unpaired) electrons. The van der Waals surface area contributed by atoms with Crippen LogP contribution in [0.15, 0.2) is 42.5 Å². The summed E-state index contributed by atoms with van der Waals surface area (Å²) in [6, 6.07) is 12.3. The second kappa shape index (κ2) is 7.88. The second-order valence-corrected chi connectivity index (χ2v) is 6.36. The zero-order valence-electron chi connectivity index (χ0n) is 13.1. The van der Waals surface area contributed by atoms with Crippen molar-refractivity contribution in [2.24, 2.45) is 0 Å². The molecule has 1 aliphatic heterocycles. The third-order valence-corrected chi connectivity index (χ3v) is 4.50. The molecule has 0 bridgehead atoms. The molecule has 1 N–H and O–H groups in total. The molecule has 0 atom stereocenters. The van der Waals surface area contributed by atoms with Gasteiger partial charge in [-0.25, -0.2) is 0 Å². The first-order chi connectivity index (χ1) is 11.7. The molecule has 0 saturated carbocycles. The summed E-state index contributed by atoms with van der Waals surface area (Å²) in [4.78, 5) is 14.8. The molecule has 1 saturated heterocycles. The number of rotatable bonds is 3. The van der Waals surface area contributed by atoms with Crippen LogP contribution >= 0.6 is 23.2 Å². The highest BCUT2D eigenvalue weighted by molar-refractivity contribution is 6.34. The van der Waals surface area contributed by atoms with Gasteiger partial charge < -0.3 is 15.0 Å². The number of benzene rings is 2. The van der Waals surface area contributed by atoms with Gasteiger partial charge in [0.1, 0.15) is 17.1 Å². The van der Waals surface area contributed by atoms with E-state index in [0.29, 0.717) is 40.2 Å². The van der Waals surface area contributed by atoms with E-state index in [0.717, 1.165) is 19.5 Å². The second-order valence-electron chi connectivity index (χ2n) is 5.54. The zero-order chi connectivity index (χ0) is 16.9. The summed E-state index contributed by atoms with van der Waals surface area (Å²) in [5, 5.41) is 4.14. The molecule has 0 aromatic heterocycles. The van der Waals surface area contributed by atoms with Crippen molar-refractivity contribution in [2.45, 2.75) is 6.42 Å². The lowest BCUT2D eigenvalue weighted by atomic mass is 10.1. The normalized spacial score (nSPS) is 15.0. The molecular weight excluding hydrogens is 347 g/mol. The van der Waals surface area contributed by atoms with Gasteiger partial charge in [0.05, 0.1) is 10.0 Å². The van der Waals surface area contributed by atoms with Crippen LogP contribution in [-0.2, 0) is 0 Å². The maximum absolute atomic E-state index is 13.0. The molecule has 1 aliphatic rings. The first-order valence-corrected chi connectivity index (χ1v) is 8.63. The van der Waals surface area contributed by atoms with Crippen molar-refractivity contribution in [3.05, 3.63) is 58.1 Å². The molecule has 0 spiro atoms. The number of hydrogen-bond acceptors (Lipinski definition) is 3. The molecule has 3 rings (SSSR count). The van der Waals surface area contributed by atoms with E-state index in [1.807, 2.05) is 12.1 Å². The molecule has 126 valence electrons. The van der Waals surface area contributed by atoms with Crippen molar-refractivity contribution in [1.82, 2.24) is 10.2 Å². The maximum atomic E-state index is 13.0. The summed E-state index contributed by atoms with van der Waals surface area (Å²) in [6.45, 7) is 3.03. The Morgan fingerprint density at radius 1 is 0.958 bits per heavy atom. The number of ether oxygens (including phenoxy) is 1. The van der Waals surface area contributed by atoms with E-state index in [2.05, 4.69) is 5.32 Å². The number of para-hydroxylation sites is 1. The fourth-order valence-electron chi connectivity index (χ4n) is 2.65. The predicted molar refractivity (Wildman–Crippen MR) is 96.4 cm³/mol. The molecule has 2 aromatic carbocycles. The lowest BCUT2D eigenvalue weighted by Crippen LogP contribution is -2.34. The van der Waals surface area contributed by atoms with Crippen LogP contribution in [0.3, 0.4) is 0 Å². The Labute approximate surface area is 151 Å². The van der Waals surface area contributed by atoms with Crippen molar-refractivity contribution in [1.29, 1.82) is 0 Å². The third kappa shape index (κ3) is 3.83. The maximum Gasteiger partial charge on any atom is 0.259 e. The van der Waals surface area contributed by atoms with Crippen LogP contribution < -0.4 is 10.1 Å². The van der Waals surface area contributed by atoms with Gasteiger partial charge >= 0.3 is 0 Å².